The van der Waals surface area contributed by atoms with E-state index in [0.717, 1.165) is 11.1 Å². The molecule has 0 saturated heterocycles. The summed E-state index contributed by atoms with van der Waals surface area (Å²) in [5.41, 5.74) is 1.87. The van der Waals surface area contributed by atoms with Crippen molar-refractivity contribution in [1.82, 2.24) is 0 Å². The standard InChI is InChI=1S/C8H9NO3S/c1-7-3-2-4-8(5-7)6-9-12-13(10)11/h2-6H,1H3,(H,10,11)/p-1. The maximum atomic E-state index is 9.92. The molecule has 1 atom stereocenters. The SMILES string of the molecule is Cc1cccc(C=NOS(=O)[O-])c1. The first-order valence-electron chi connectivity index (χ1n) is 3.55. The topological polar surface area (TPSA) is 61.7 Å². The average molecular weight is 198 g/mol. The number of oxime groups is 1. The van der Waals surface area contributed by atoms with Crippen LogP contribution in [0, 0.1) is 6.92 Å². The van der Waals surface area contributed by atoms with Crippen molar-refractivity contribution in [3.05, 3.63) is 35.4 Å². The van der Waals surface area contributed by atoms with Crippen LogP contribution in [-0.2, 0) is 15.6 Å². The summed E-state index contributed by atoms with van der Waals surface area (Å²) in [6, 6.07) is 7.45. The molecule has 0 aliphatic carbocycles. The predicted octanol–water partition coefficient (Wildman–Crippen LogP) is 1.14. The quantitative estimate of drug-likeness (QED) is 0.415. The summed E-state index contributed by atoms with van der Waals surface area (Å²) < 4.78 is 23.8. The maximum Gasteiger partial charge on any atom is 0.169 e. The zero-order chi connectivity index (χ0) is 9.68. The Morgan fingerprint density at radius 2 is 2.38 bits per heavy atom. The molecule has 1 unspecified atom stereocenters. The van der Waals surface area contributed by atoms with Gasteiger partial charge in [0.1, 0.15) is 0 Å². The van der Waals surface area contributed by atoms with E-state index in [1.165, 1.54) is 6.21 Å². The van der Waals surface area contributed by atoms with Crippen molar-refractivity contribution < 1.29 is 13.0 Å². The first-order chi connectivity index (χ1) is 6.18. The average Bonchev–Trinajstić information content (AvgIpc) is 2.03. The fourth-order valence-corrected chi connectivity index (χ4v) is 0.981. The van der Waals surface area contributed by atoms with E-state index in [0.29, 0.717) is 0 Å². The number of nitrogens with zero attached hydrogens (tertiary/aromatic N) is 1. The van der Waals surface area contributed by atoms with E-state index < -0.39 is 11.4 Å². The van der Waals surface area contributed by atoms with Crippen LogP contribution >= 0.6 is 0 Å². The zero-order valence-corrected chi connectivity index (χ0v) is 7.78. The van der Waals surface area contributed by atoms with Gasteiger partial charge in [0.25, 0.3) is 0 Å². The van der Waals surface area contributed by atoms with Gasteiger partial charge in [-0.05, 0) is 12.5 Å². The summed E-state index contributed by atoms with van der Waals surface area (Å²) in [6.45, 7) is 1.93. The third-order valence-corrected chi connectivity index (χ3v) is 1.56. The minimum atomic E-state index is -2.59. The van der Waals surface area contributed by atoms with Crippen molar-refractivity contribution in [2.45, 2.75) is 6.92 Å². The van der Waals surface area contributed by atoms with E-state index in [4.69, 9.17) is 0 Å². The molecule has 13 heavy (non-hydrogen) atoms. The second-order valence-electron chi connectivity index (χ2n) is 2.43. The molecule has 1 aromatic carbocycles. The lowest BCUT2D eigenvalue weighted by Crippen LogP contribution is -1.89. The molecule has 0 spiro atoms. The Labute approximate surface area is 78.7 Å². The van der Waals surface area contributed by atoms with Crippen molar-refractivity contribution in [2.24, 2.45) is 5.16 Å². The molecule has 0 amide bonds. The number of aryl methyl sites for hydroxylation is 1. The van der Waals surface area contributed by atoms with Gasteiger partial charge in [0.05, 0.1) is 6.21 Å². The Morgan fingerprint density at radius 3 is 3.00 bits per heavy atom. The van der Waals surface area contributed by atoms with Crippen LogP contribution in [0.15, 0.2) is 29.4 Å². The second-order valence-corrected chi connectivity index (χ2v) is 2.98. The minimum absolute atomic E-state index is 0.797. The summed E-state index contributed by atoms with van der Waals surface area (Å²) in [5.74, 6) is 0. The van der Waals surface area contributed by atoms with Gasteiger partial charge >= 0.3 is 0 Å². The molecule has 0 fully saturated rings. The highest BCUT2D eigenvalue weighted by atomic mass is 32.2. The minimum Gasteiger partial charge on any atom is -0.738 e. The summed E-state index contributed by atoms with van der Waals surface area (Å²) in [7, 11) is 0. The van der Waals surface area contributed by atoms with E-state index in [2.05, 4.69) is 9.44 Å². The van der Waals surface area contributed by atoms with Crippen molar-refractivity contribution >= 4 is 17.6 Å². The maximum absolute atomic E-state index is 9.92. The van der Waals surface area contributed by atoms with Crippen LogP contribution in [-0.4, -0.2) is 15.0 Å². The van der Waals surface area contributed by atoms with Gasteiger partial charge in [0.15, 0.2) is 11.4 Å². The molecule has 0 radical (unpaired) electrons. The molecular weight excluding hydrogens is 190 g/mol. The van der Waals surface area contributed by atoms with Crippen LogP contribution in [0.3, 0.4) is 0 Å². The number of hydrogen-bond donors (Lipinski definition) is 0. The van der Waals surface area contributed by atoms with E-state index >= 15 is 0 Å². The molecule has 4 nitrogen and oxygen atoms in total. The molecule has 0 saturated carbocycles. The number of benzene rings is 1. The van der Waals surface area contributed by atoms with Crippen molar-refractivity contribution in [3.63, 3.8) is 0 Å². The molecular formula is C8H8NO3S-. The Balaban J connectivity index is 2.63. The third-order valence-electron chi connectivity index (χ3n) is 1.35. The van der Waals surface area contributed by atoms with Gasteiger partial charge in [-0.2, -0.15) is 0 Å². The molecule has 70 valence electrons. The molecule has 1 rings (SSSR count). The van der Waals surface area contributed by atoms with Crippen molar-refractivity contribution in [2.75, 3.05) is 0 Å². The molecule has 0 aliphatic heterocycles. The van der Waals surface area contributed by atoms with Crippen LogP contribution in [0.4, 0.5) is 0 Å². The first kappa shape index (κ1) is 9.88. The van der Waals surface area contributed by atoms with Crippen LogP contribution in [0.1, 0.15) is 11.1 Å². The lowest BCUT2D eigenvalue weighted by Gasteiger charge is -1.98. The molecule has 0 heterocycles. The normalized spacial score (nSPS) is 13.1. The van der Waals surface area contributed by atoms with Gasteiger partial charge in [-0.25, -0.2) is 4.21 Å². The Bertz CT molecular complexity index is 338. The summed E-state index contributed by atoms with van der Waals surface area (Å²) in [5, 5.41) is 3.24. The predicted molar refractivity (Wildman–Crippen MR) is 48.8 cm³/mol. The summed E-state index contributed by atoms with van der Waals surface area (Å²) in [4.78, 5) is 0. The zero-order valence-electron chi connectivity index (χ0n) is 6.97. The third kappa shape index (κ3) is 3.82. The fourth-order valence-electron chi connectivity index (χ4n) is 0.868. The highest BCUT2D eigenvalue weighted by Gasteiger charge is 1.87. The molecule has 0 bridgehead atoms. The molecule has 0 aromatic heterocycles. The Kier molecular flexibility index (Phi) is 3.60. The van der Waals surface area contributed by atoms with Gasteiger partial charge in [-0.15, -0.1) is 0 Å². The van der Waals surface area contributed by atoms with Gasteiger partial charge in [0, 0.05) is 0 Å². The fraction of sp³-hybridized carbons (Fsp3) is 0.125. The second kappa shape index (κ2) is 4.74. The van der Waals surface area contributed by atoms with Gasteiger partial charge < -0.3 is 8.84 Å². The van der Waals surface area contributed by atoms with Crippen molar-refractivity contribution in [1.29, 1.82) is 0 Å². The van der Waals surface area contributed by atoms with E-state index in [1.807, 2.05) is 25.1 Å². The van der Waals surface area contributed by atoms with Crippen LogP contribution < -0.4 is 0 Å². The van der Waals surface area contributed by atoms with Crippen LogP contribution in [0.5, 0.6) is 0 Å². The Morgan fingerprint density at radius 1 is 1.62 bits per heavy atom. The monoisotopic (exact) mass is 198 g/mol. The number of hydrogen-bond acceptors (Lipinski definition) is 4. The molecule has 0 aliphatic rings. The number of rotatable bonds is 3. The highest BCUT2D eigenvalue weighted by Crippen LogP contribution is 2.00. The highest BCUT2D eigenvalue weighted by molar-refractivity contribution is 7.74. The van der Waals surface area contributed by atoms with Crippen LogP contribution in [0.25, 0.3) is 0 Å². The lowest BCUT2D eigenvalue weighted by atomic mass is 10.2. The van der Waals surface area contributed by atoms with Gasteiger partial charge in [-0.3, -0.25) is 0 Å². The van der Waals surface area contributed by atoms with Crippen molar-refractivity contribution in [3.8, 4) is 0 Å². The summed E-state index contributed by atoms with van der Waals surface area (Å²) in [6.07, 6.45) is 1.34. The smallest absolute Gasteiger partial charge is 0.169 e. The van der Waals surface area contributed by atoms with E-state index in [-0.39, 0.29) is 0 Å². The molecule has 1 aromatic rings. The van der Waals surface area contributed by atoms with Gasteiger partial charge in [0.2, 0.25) is 0 Å². The first-order valence-corrected chi connectivity index (χ1v) is 4.55. The summed E-state index contributed by atoms with van der Waals surface area (Å²) >= 11 is -2.59. The molecule has 5 heteroatoms. The Hall–Kier alpha value is -1.20. The van der Waals surface area contributed by atoms with Crippen LogP contribution in [0.2, 0.25) is 0 Å². The molecule has 0 N–H and O–H groups in total. The largest absolute Gasteiger partial charge is 0.738 e. The van der Waals surface area contributed by atoms with Gasteiger partial charge in [-0.1, -0.05) is 35.0 Å². The van der Waals surface area contributed by atoms with E-state index in [9.17, 15) is 8.76 Å². The lowest BCUT2D eigenvalue weighted by molar-refractivity contribution is 0.320. The van der Waals surface area contributed by atoms with E-state index in [1.54, 1.807) is 6.07 Å².